The Morgan fingerprint density at radius 2 is 1.90 bits per heavy atom. The minimum absolute atomic E-state index is 0.112. The van der Waals surface area contributed by atoms with E-state index in [1.54, 1.807) is 12.1 Å². The van der Waals surface area contributed by atoms with E-state index in [9.17, 15) is 4.79 Å². The molecule has 20 heavy (non-hydrogen) atoms. The van der Waals surface area contributed by atoms with Gasteiger partial charge in [-0.05, 0) is 36.4 Å². The maximum atomic E-state index is 10.6. The van der Waals surface area contributed by atoms with Gasteiger partial charge in [0.1, 0.15) is 17.3 Å². The Morgan fingerprint density at radius 3 is 2.50 bits per heavy atom. The molecular weight excluding hydrogens is 256 g/mol. The first kappa shape index (κ1) is 14.0. The van der Waals surface area contributed by atoms with Crippen molar-refractivity contribution in [3.8, 4) is 5.75 Å². The minimum atomic E-state index is -0.489. The maximum absolute atomic E-state index is 10.6. The van der Waals surface area contributed by atoms with Gasteiger partial charge in [-0.1, -0.05) is 6.92 Å². The molecule has 5 heteroatoms. The van der Waals surface area contributed by atoms with Gasteiger partial charge in [0, 0.05) is 12.1 Å². The predicted octanol–water partition coefficient (Wildman–Crippen LogP) is 2.32. The summed E-state index contributed by atoms with van der Waals surface area (Å²) < 4.78 is 10.8. The number of rotatable bonds is 7. The zero-order chi connectivity index (χ0) is 14.4. The highest BCUT2D eigenvalue weighted by Gasteiger charge is 2.01. The molecule has 1 aromatic carbocycles. The summed E-state index contributed by atoms with van der Waals surface area (Å²) in [5.74, 6) is 2.00. The summed E-state index contributed by atoms with van der Waals surface area (Å²) in [4.78, 5) is 10.6. The summed E-state index contributed by atoms with van der Waals surface area (Å²) in [5, 5.41) is 3.25. The van der Waals surface area contributed by atoms with Crippen molar-refractivity contribution in [3.63, 3.8) is 0 Å². The number of carbonyl (C=O) groups excluding carboxylic acids is 1. The van der Waals surface area contributed by atoms with Crippen molar-refractivity contribution < 1.29 is 13.9 Å². The Bertz CT molecular complexity index is 561. The van der Waals surface area contributed by atoms with Crippen molar-refractivity contribution in [3.05, 3.63) is 47.9 Å². The number of hydrogen-bond donors (Lipinski definition) is 2. The molecule has 106 valence electrons. The summed E-state index contributed by atoms with van der Waals surface area (Å²) in [7, 11) is 0. The Labute approximate surface area is 117 Å². The lowest BCUT2D eigenvalue weighted by atomic mass is 10.3. The molecule has 2 rings (SSSR count). The number of aryl methyl sites for hydroxylation is 1. The summed E-state index contributed by atoms with van der Waals surface area (Å²) in [6.07, 6.45) is 0.895. The molecule has 0 spiro atoms. The highest BCUT2D eigenvalue weighted by atomic mass is 16.5. The molecule has 0 bridgehead atoms. The van der Waals surface area contributed by atoms with Crippen LogP contribution in [0.15, 0.2) is 40.8 Å². The summed E-state index contributed by atoms with van der Waals surface area (Å²) in [5.41, 5.74) is 5.96. The number of hydrogen-bond acceptors (Lipinski definition) is 4. The summed E-state index contributed by atoms with van der Waals surface area (Å²) >= 11 is 0. The van der Waals surface area contributed by atoms with Gasteiger partial charge in [-0.25, -0.2) is 0 Å². The van der Waals surface area contributed by atoms with Crippen LogP contribution in [-0.2, 0) is 17.8 Å². The molecule has 0 fully saturated rings. The van der Waals surface area contributed by atoms with E-state index in [1.807, 2.05) is 24.3 Å². The van der Waals surface area contributed by atoms with Gasteiger partial charge >= 0.3 is 0 Å². The number of amides is 1. The number of primary amides is 1. The minimum Gasteiger partial charge on any atom is -0.484 e. The molecule has 5 nitrogen and oxygen atoms in total. The third-order valence-corrected chi connectivity index (χ3v) is 2.77. The Morgan fingerprint density at radius 1 is 1.20 bits per heavy atom. The van der Waals surface area contributed by atoms with E-state index in [0.29, 0.717) is 12.3 Å². The molecule has 0 saturated carbocycles. The normalized spacial score (nSPS) is 10.2. The highest BCUT2D eigenvalue weighted by Crippen LogP contribution is 2.17. The molecule has 2 aromatic rings. The van der Waals surface area contributed by atoms with Crippen molar-refractivity contribution in [2.75, 3.05) is 11.9 Å². The Balaban J connectivity index is 1.85. The number of furan rings is 1. The second-order valence-electron chi connectivity index (χ2n) is 4.35. The second kappa shape index (κ2) is 6.65. The second-order valence-corrected chi connectivity index (χ2v) is 4.35. The van der Waals surface area contributed by atoms with Gasteiger partial charge in [0.05, 0.1) is 6.54 Å². The number of ether oxygens (including phenoxy) is 1. The van der Waals surface area contributed by atoms with Gasteiger partial charge in [0.25, 0.3) is 5.91 Å². The zero-order valence-electron chi connectivity index (χ0n) is 11.4. The van der Waals surface area contributed by atoms with E-state index in [0.717, 1.165) is 23.6 Å². The molecule has 1 heterocycles. The fraction of sp³-hybridized carbons (Fsp3) is 0.267. The van der Waals surface area contributed by atoms with Crippen LogP contribution in [0.1, 0.15) is 18.4 Å². The van der Waals surface area contributed by atoms with Crippen LogP contribution in [0, 0.1) is 0 Å². The molecule has 0 unspecified atom stereocenters. The molecule has 0 saturated heterocycles. The average molecular weight is 274 g/mol. The molecule has 0 atom stereocenters. The first-order chi connectivity index (χ1) is 9.67. The Hall–Kier alpha value is -2.43. The molecule has 0 aliphatic heterocycles. The molecule has 1 amide bonds. The van der Waals surface area contributed by atoms with Crippen LogP contribution in [0.5, 0.6) is 5.75 Å². The van der Waals surface area contributed by atoms with Crippen molar-refractivity contribution in [1.29, 1.82) is 0 Å². The number of carbonyl (C=O) groups is 1. The lowest BCUT2D eigenvalue weighted by molar-refractivity contribution is -0.119. The lowest BCUT2D eigenvalue weighted by Crippen LogP contribution is -2.19. The van der Waals surface area contributed by atoms with E-state index < -0.39 is 5.91 Å². The van der Waals surface area contributed by atoms with Gasteiger partial charge in [0.2, 0.25) is 0 Å². The van der Waals surface area contributed by atoms with Crippen molar-refractivity contribution >= 4 is 11.6 Å². The van der Waals surface area contributed by atoms with Crippen molar-refractivity contribution in [1.82, 2.24) is 0 Å². The number of anilines is 1. The van der Waals surface area contributed by atoms with Crippen molar-refractivity contribution in [2.24, 2.45) is 5.73 Å². The van der Waals surface area contributed by atoms with E-state index in [-0.39, 0.29) is 6.61 Å². The SMILES string of the molecule is CCc1ccc(CNc2ccc(OCC(N)=O)cc2)o1. The van der Waals surface area contributed by atoms with E-state index in [4.69, 9.17) is 14.9 Å². The van der Waals surface area contributed by atoms with Crippen LogP contribution >= 0.6 is 0 Å². The first-order valence-corrected chi connectivity index (χ1v) is 6.50. The third kappa shape index (κ3) is 4.05. The van der Waals surface area contributed by atoms with Gasteiger partial charge < -0.3 is 20.2 Å². The average Bonchev–Trinajstić information content (AvgIpc) is 2.92. The van der Waals surface area contributed by atoms with Crippen LogP contribution in [0.3, 0.4) is 0 Å². The largest absolute Gasteiger partial charge is 0.484 e. The number of nitrogens with one attached hydrogen (secondary N) is 1. The molecule has 0 radical (unpaired) electrons. The van der Waals surface area contributed by atoms with Crippen LogP contribution in [0.2, 0.25) is 0 Å². The maximum Gasteiger partial charge on any atom is 0.255 e. The van der Waals surface area contributed by atoms with E-state index >= 15 is 0 Å². The standard InChI is InChI=1S/C15H18N2O3/c1-2-12-7-8-14(20-12)9-17-11-3-5-13(6-4-11)19-10-15(16)18/h3-8,17H,2,9-10H2,1H3,(H2,16,18). The van der Waals surface area contributed by atoms with Crippen LogP contribution < -0.4 is 15.8 Å². The van der Waals surface area contributed by atoms with E-state index in [1.165, 1.54) is 0 Å². The number of benzene rings is 1. The zero-order valence-corrected chi connectivity index (χ0v) is 11.4. The van der Waals surface area contributed by atoms with Gasteiger partial charge in [0.15, 0.2) is 6.61 Å². The van der Waals surface area contributed by atoms with E-state index in [2.05, 4.69) is 12.2 Å². The predicted molar refractivity (Wildman–Crippen MR) is 76.5 cm³/mol. The smallest absolute Gasteiger partial charge is 0.255 e. The molecule has 1 aromatic heterocycles. The summed E-state index contributed by atoms with van der Waals surface area (Å²) in [6.45, 7) is 2.57. The molecular formula is C15H18N2O3. The van der Waals surface area contributed by atoms with Crippen LogP contribution in [0.4, 0.5) is 5.69 Å². The highest BCUT2D eigenvalue weighted by molar-refractivity contribution is 5.75. The molecule has 0 aliphatic rings. The Kier molecular flexibility index (Phi) is 4.65. The van der Waals surface area contributed by atoms with Gasteiger partial charge in [-0.15, -0.1) is 0 Å². The number of nitrogens with two attached hydrogens (primary N) is 1. The lowest BCUT2D eigenvalue weighted by Gasteiger charge is -2.07. The summed E-state index contributed by atoms with van der Waals surface area (Å²) in [6, 6.07) is 11.3. The molecule has 3 N–H and O–H groups in total. The van der Waals surface area contributed by atoms with Crippen LogP contribution in [-0.4, -0.2) is 12.5 Å². The topological polar surface area (TPSA) is 77.5 Å². The fourth-order valence-electron chi connectivity index (χ4n) is 1.72. The quantitative estimate of drug-likeness (QED) is 0.812. The first-order valence-electron chi connectivity index (χ1n) is 6.50. The molecule has 0 aliphatic carbocycles. The van der Waals surface area contributed by atoms with Gasteiger partial charge in [-0.3, -0.25) is 4.79 Å². The van der Waals surface area contributed by atoms with Crippen molar-refractivity contribution in [2.45, 2.75) is 19.9 Å². The van der Waals surface area contributed by atoms with Gasteiger partial charge in [-0.2, -0.15) is 0 Å². The third-order valence-electron chi connectivity index (χ3n) is 2.77. The monoisotopic (exact) mass is 274 g/mol. The fourth-order valence-corrected chi connectivity index (χ4v) is 1.72. The van der Waals surface area contributed by atoms with Crippen LogP contribution in [0.25, 0.3) is 0 Å².